The van der Waals surface area contributed by atoms with Crippen LogP contribution < -0.4 is 20.1 Å². The molecule has 2 aromatic rings. The topological polar surface area (TPSA) is 59.6 Å². The van der Waals surface area contributed by atoms with Crippen molar-refractivity contribution in [3.8, 4) is 11.5 Å². The number of nitrogens with one attached hydrogen (secondary N) is 2. The zero-order chi connectivity index (χ0) is 17.4. The van der Waals surface area contributed by atoms with Crippen molar-refractivity contribution in [3.63, 3.8) is 0 Å². The maximum absolute atomic E-state index is 12.0. The van der Waals surface area contributed by atoms with Crippen LogP contribution in [-0.2, 0) is 4.79 Å². The normalized spacial score (nSPS) is 10.3. The third-order valence-electron chi connectivity index (χ3n) is 3.22. The first-order valence-electron chi connectivity index (χ1n) is 7.97. The van der Waals surface area contributed by atoms with E-state index >= 15 is 0 Å². The lowest BCUT2D eigenvalue weighted by atomic mass is 10.2. The zero-order valence-electron chi connectivity index (χ0n) is 14.3. The highest BCUT2D eigenvalue weighted by molar-refractivity contribution is 5.93. The van der Waals surface area contributed by atoms with E-state index in [1.165, 1.54) is 0 Å². The summed E-state index contributed by atoms with van der Waals surface area (Å²) in [6, 6.07) is 14.9. The molecular formula is C19H24N2O3. The minimum atomic E-state index is -0.128. The van der Waals surface area contributed by atoms with Crippen molar-refractivity contribution in [2.75, 3.05) is 30.9 Å². The van der Waals surface area contributed by atoms with Crippen LogP contribution in [0.4, 0.5) is 11.4 Å². The number of amides is 1. The average molecular weight is 328 g/mol. The molecule has 24 heavy (non-hydrogen) atoms. The number of anilines is 2. The quantitative estimate of drug-likeness (QED) is 0.774. The molecule has 0 heterocycles. The minimum Gasteiger partial charge on any atom is -0.497 e. The first-order valence-corrected chi connectivity index (χ1v) is 7.97. The molecule has 0 bridgehead atoms. The molecule has 2 aromatic carbocycles. The monoisotopic (exact) mass is 328 g/mol. The van der Waals surface area contributed by atoms with Gasteiger partial charge in [0.05, 0.1) is 20.3 Å². The number of carbonyl (C=O) groups excluding carboxylic acids is 1. The molecule has 1 amide bonds. The van der Waals surface area contributed by atoms with Gasteiger partial charge in [0.1, 0.15) is 11.5 Å². The van der Waals surface area contributed by atoms with E-state index in [1.54, 1.807) is 13.2 Å². The fourth-order valence-corrected chi connectivity index (χ4v) is 2.05. The Bertz CT molecular complexity index is 671. The number of hydrogen-bond donors (Lipinski definition) is 2. The summed E-state index contributed by atoms with van der Waals surface area (Å²) in [6.07, 6.45) is 0. The molecule has 0 radical (unpaired) electrons. The Labute approximate surface area is 143 Å². The van der Waals surface area contributed by atoms with Gasteiger partial charge in [-0.05, 0) is 30.2 Å². The maximum atomic E-state index is 12.0. The number of ether oxygens (including phenoxy) is 2. The fourth-order valence-electron chi connectivity index (χ4n) is 2.05. The van der Waals surface area contributed by atoms with E-state index in [-0.39, 0.29) is 12.5 Å². The van der Waals surface area contributed by atoms with E-state index in [2.05, 4.69) is 24.5 Å². The Kier molecular flexibility index (Phi) is 6.49. The van der Waals surface area contributed by atoms with Gasteiger partial charge in [0, 0.05) is 23.5 Å². The number of carbonyl (C=O) groups is 1. The van der Waals surface area contributed by atoms with Crippen molar-refractivity contribution in [2.45, 2.75) is 13.8 Å². The van der Waals surface area contributed by atoms with Crippen LogP contribution in [0.1, 0.15) is 13.8 Å². The molecule has 5 heteroatoms. The van der Waals surface area contributed by atoms with Crippen LogP contribution in [0.15, 0.2) is 48.5 Å². The highest BCUT2D eigenvalue weighted by atomic mass is 16.5. The molecular weight excluding hydrogens is 304 g/mol. The summed E-state index contributed by atoms with van der Waals surface area (Å²) in [6.45, 7) is 5.04. The Hall–Kier alpha value is -2.69. The van der Waals surface area contributed by atoms with E-state index in [4.69, 9.17) is 9.47 Å². The van der Waals surface area contributed by atoms with Crippen LogP contribution in [0.3, 0.4) is 0 Å². The lowest BCUT2D eigenvalue weighted by Crippen LogP contribution is -2.21. The second kappa shape index (κ2) is 8.82. The molecule has 0 saturated heterocycles. The third kappa shape index (κ3) is 5.83. The molecule has 0 saturated carbocycles. The summed E-state index contributed by atoms with van der Waals surface area (Å²) >= 11 is 0. The molecule has 0 spiro atoms. The fraction of sp³-hybridized carbons (Fsp3) is 0.316. The molecule has 2 rings (SSSR count). The molecule has 0 aromatic heterocycles. The number of rotatable bonds is 8. The van der Waals surface area contributed by atoms with Crippen LogP contribution in [0.25, 0.3) is 0 Å². The largest absolute Gasteiger partial charge is 0.497 e. The molecule has 0 aliphatic rings. The van der Waals surface area contributed by atoms with E-state index in [0.717, 1.165) is 11.4 Å². The van der Waals surface area contributed by atoms with Crippen LogP contribution in [0.2, 0.25) is 0 Å². The molecule has 0 unspecified atom stereocenters. The van der Waals surface area contributed by atoms with E-state index in [1.807, 2.05) is 42.5 Å². The summed E-state index contributed by atoms with van der Waals surface area (Å²) in [5.41, 5.74) is 1.55. The molecule has 0 fully saturated rings. The van der Waals surface area contributed by atoms with E-state index in [0.29, 0.717) is 24.0 Å². The van der Waals surface area contributed by atoms with Crippen LogP contribution in [0.5, 0.6) is 11.5 Å². The summed E-state index contributed by atoms with van der Waals surface area (Å²) in [5, 5.41) is 5.93. The van der Waals surface area contributed by atoms with Gasteiger partial charge in [0.15, 0.2) is 0 Å². The minimum absolute atomic E-state index is 0.128. The summed E-state index contributed by atoms with van der Waals surface area (Å²) in [5.74, 6) is 1.84. The van der Waals surface area contributed by atoms with Crippen LogP contribution >= 0.6 is 0 Å². The standard InChI is InChI=1S/C19H24N2O3/c1-14(2)13-24-18-9-4-6-15(10-18)20-12-19(22)21-16-7-5-8-17(11-16)23-3/h4-11,14,20H,12-13H2,1-3H3,(H,21,22). The Balaban J connectivity index is 1.86. The number of hydrogen-bond acceptors (Lipinski definition) is 4. The molecule has 0 aliphatic heterocycles. The van der Waals surface area contributed by atoms with Gasteiger partial charge in [0.25, 0.3) is 0 Å². The Morgan fingerprint density at radius 3 is 2.42 bits per heavy atom. The van der Waals surface area contributed by atoms with Crippen LogP contribution in [0, 0.1) is 5.92 Å². The summed E-state index contributed by atoms with van der Waals surface area (Å²) in [4.78, 5) is 12.0. The zero-order valence-corrected chi connectivity index (χ0v) is 14.3. The van der Waals surface area contributed by atoms with Crippen molar-refractivity contribution >= 4 is 17.3 Å². The summed E-state index contributed by atoms with van der Waals surface area (Å²) in [7, 11) is 1.59. The number of benzene rings is 2. The lowest BCUT2D eigenvalue weighted by Gasteiger charge is -2.11. The molecule has 2 N–H and O–H groups in total. The van der Waals surface area contributed by atoms with Crippen LogP contribution in [-0.4, -0.2) is 26.2 Å². The molecule has 5 nitrogen and oxygen atoms in total. The van der Waals surface area contributed by atoms with Gasteiger partial charge in [-0.2, -0.15) is 0 Å². The highest BCUT2D eigenvalue weighted by Crippen LogP contribution is 2.19. The highest BCUT2D eigenvalue weighted by Gasteiger charge is 2.04. The van der Waals surface area contributed by atoms with Gasteiger partial charge in [-0.1, -0.05) is 26.0 Å². The second-order valence-corrected chi connectivity index (χ2v) is 5.87. The van der Waals surface area contributed by atoms with Crippen molar-refractivity contribution in [1.82, 2.24) is 0 Å². The van der Waals surface area contributed by atoms with Gasteiger partial charge >= 0.3 is 0 Å². The van der Waals surface area contributed by atoms with Gasteiger partial charge in [-0.15, -0.1) is 0 Å². The SMILES string of the molecule is COc1cccc(NC(=O)CNc2cccc(OCC(C)C)c2)c1. The first kappa shape index (κ1) is 17.7. The maximum Gasteiger partial charge on any atom is 0.243 e. The van der Waals surface area contributed by atoms with Crippen molar-refractivity contribution < 1.29 is 14.3 Å². The van der Waals surface area contributed by atoms with Crippen molar-refractivity contribution in [1.29, 1.82) is 0 Å². The van der Waals surface area contributed by atoms with Gasteiger partial charge in [0.2, 0.25) is 5.91 Å². The lowest BCUT2D eigenvalue weighted by molar-refractivity contribution is -0.114. The van der Waals surface area contributed by atoms with Crippen molar-refractivity contribution in [3.05, 3.63) is 48.5 Å². The molecule has 0 aliphatic carbocycles. The van der Waals surface area contributed by atoms with Gasteiger partial charge < -0.3 is 20.1 Å². The second-order valence-electron chi connectivity index (χ2n) is 5.87. The first-order chi connectivity index (χ1) is 11.6. The molecule has 128 valence electrons. The Morgan fingerprint density at radius 1 is 1.04 bits per heavy atom. The smallest absolute Gasteiger partial charge is 0.243 e. The van der Waals surface area contributed by atoms with Gasteiger partial charge in [-0.3, -0.25) is 4.79 Å². The predicted octanol–water partition coefficient (Wildman–Crippen LogP) is 3.78. The third-order valence-corrected chi connectivity index (χ3v) is 3.22. The van der Waals surface area contributed by atoms with E-state index < -0.39 is 0 Å². The summed E-state index contributed by atoms with van der Waals surface area (Å²) < 4.78 is 10.8. The molecule has 0 atom stereocenters. The predicted molar refractivity (Wildman–Crippen MR) is 96.9 cm³/mol. The Morgan fingerprint density at radius 2 is 1.71 bits per heavy atom. The average Bonchev–Trinajstić information content (AvgIpc) is 2.59. The van der Waals surface area contributed by atoms with Gasteiger partial charge in [-0.25, -0.2) is 0 Å². The van der Waals surface area contributed by atoms with Crippen molar-refractivity contribution in [2.24, 2.45) is 5.92 Å². The van der Waals surface area contributed by atoms with E-state index in [9.17, 15) is 4.79 Å². The number of methoxy groups -OCH3 is 1.